The summed E-state index contributed by atoms with van der Waals surface area (Å²) in [7, 11) is 1.31. The molecule has 8 nitrogen and oxygen atoms in total. The fourth-order valence-corrected chi connectivity index (χ4v) is 2.74. The Bertz CT molecular complexity index is 1050. The van der Waals surface area contributed by atoms with Crippen LogP contribution in [0.2, 0.25) is 5.02 Å². The number of aromatic nitrogens is 2. The van der Waals surface area contributed by atoms with Crippen LogP contribution in [0.25, 0.3) is 0 Å². The lowest BCUT2D eigenvalue weighted by Gasteiger charge is -2.16. The number of benzene rings is 1. The number of hydrogen-bond acceptors (Lipinski definition) is 6. The van der Waals surface area contributed by atoms with Crippen LogP contribution in [-0.4, -0.2) is 21.5 Å². The van der Waals surface area contributed by atoms with Crippen LogP contribution in [0.4, 0.5) is 11.5 Å². The highest BCUT2D eigenvalue weighted by atomic mass is 35.5. The molecule has 0 saturated heterocycles. The molecule has 0 fully saturated rings. The SMILES string of the molecule is CC(C)Cn1c(N)c(C(=O)CNc2ccc(Cl)c(C#N)c2)c(=O)n(C)c1=O. The maximum atomic E-state index is 12.6. The van der Waals surface area contributed by atoms with Gasteiger partial charge >= 0.3 is 5.69 Å². The van der Waals surface area contributed by atoms with Crippen molar-refractivity contribution < 1.29 is 4.79 Å². The van der Waals surface area contributed by atoms with Gasteiger partial charge in [-0.2, -0.15) is 5.26 Å². The molecule has 1 heterocycles. The molecule has 0 aliphatic rings. The minimum absolute atomic E-state index is 0.0991. The molecular formula is C18H20ClN5O3. The molecule has 9 heteroatoms. The number of rotatable bonds is 6. The Labute approximate surface area is 160 Å². The molecule has 0 amide bonds. The van der Waals surface area contributed by atoms with E-state index in [1.807, 2.05) is 19.9 Å². The van der Waals surface area contributed by atoms with Crippen LogP contribution >= 0.6 is 11.6 Å². The van der Waals surface area contributed by atoms with Crippen LogP contribution < -0.4 is 22.3 Å². The molecule has 0 aliphatic carbocycles. The van der Waals surface area contributed by atoms with Crippen molar-refractivity contribution in [2.45, 2.75) is 20.4 Å². The lowest BCUT2D eigenvalue weighted by atomic mass is 10.1. The highest BCUT2D eigenvalue weighted by molar-refractivity contribution is 6.31. The lowest BCUT2D eigenvalue weighted by Crippen LogP contribution is -2.43. The van der Waals surface area contributed by atoms with Crippen LogP contribution in [0.1, 0.15) is 29.8 Å². The molecule has 142 valence electrons. The molecule has 2 aromatic rings. The van der Waals surface area contributed by atoms with E-state index in [9.17, 15) is 14.4 Å². The number of Topliss-reactive ketones (excluding diaryl/α,β-unsaturated/α-hetero) is 1. The van der Waals surface area contributed by atoms with Gasteiger partial charge in [0.25, 0.3) is 5.56 Å². The van der Waals surface area contributed by atoms with Crippen molar-refractivity contribution in [2.75, 3.05) is 17.6 Å². The number of carbonyl (C=O) groups is 1. The number of halogens is 1. The summed E-state index contributed by atoms with van der Waals surface area (Å²) < 4.78 is 2.11. The highest BCUT2D eigenvalue weighted by Gasteiger charge is 2.21. The molecule has 0 atom stereocenters. The van der Waals surface area contributed by atoms with Gasteiger partial charge in [0.05, 0.1) is 17.1 Å². The standard InChI is InChI=1S/C18H20ClN5O3/c1-10(2)9-24-16(21)15(17(26)23(3)18(24)27)14(25)8-22-12-4-5-13(19)11(6-12)7-20/h4-6,10,22H,8-9,21H2,1-3H3. The molecule has 0 saturated carbocycles. The Morgan fingerprint density at radius 3 is 2.63 bits per heavy atom. The molecule has 2 rings (SSSR count). The van der Waals surface area contributed by atoms with Gasteiger partial charge in [0.2, 0.25) is 0 Å². The summed E-state index contributed by atoms with van der Waals surface area (Å²) in [5.74, 6) is -0.599. The number of nitriles is 1. The second kappa shape index (κ2) is 8.10. The maximum Gasteiger partial charge on any atom is 0.332 e. The first kappa shape index (κ1) is 20.3. The fourth-order valence-electron chi connectivity index (χ4n) is 2.58. The topological polar surface area (TPSA) is 123 Å². The summed E-state index contributed by atoms with van der Waals surface area (Å²) in [6.07, 6.45) is 0. The summed E-state index contributed by atoms with van der Waals surface area (Å²) in [5.41, 5.74) is 5.20. The Hall–Kier alpha value is -3.05. The molecule has 1 aromatic carbocycles. The van der Waals surface area contributed by atoms with Crippen LogP contribution in [0, 0.1) is 17.2 Å². The summed E-state index contributed by atoms with van der Waals surface area (Å²) in [6.45, 7) is 3.85. The monoisotopic (exact) mass is 389 g/mol. The van der Waals surface area contributed by atoms with Crippen LogP contribution in [-0.2, 0) is 13.6 Å². The normalized spacial score (nSPS) is 10.7. The predicted molar refractivity (Wildman–Crippen MR) is 104 cm³/mol. The number of carbonyl (C=O) groups excluding carboxylic acids is 1. The van der Waals surface area contributed by atoms with E-state index in [0.29, 0.717) is 10.7 Å². The summed E-state index contributed by atoms with van der Waals surface area (Å²) in [6, 6.07) is 6.58. The Morgan fingerprint density at radius 2 is 2.04 bits per heavy atom. The Kier molecular flexibility index (Phi) is 6.08. The van der Waals surface area contributed by atoms with Gasteiger partial charge in [-0.3, -0.25) is 18.7 Å². The van der Waals surface area contributed by atoms with Crippen LogP contribution in [0.5, 0.6) is 0 Å². The van der Waals surface area contributed by atoms with E-state index < -0.39 is 17.0 Å². The molecule has 1 aromatic heterocycles. The third kappa shape index (κ3) is 4.20. The molecule has 3 N–H and O–H groups in total. The molecule has 27 heavy (non-hydrogen) atoms. The number of nitrogens with zero attached hydrogens (tertiary/aromatic N) is 3. The average molecular weight is 390 g/mol. The van der Waals surface area contributed by atoms with E-state index in [2.05, 4.69) is 5.32 Å². The first-order valence-corrected chi connectivity index (χ1v) is 8.61. The predicted octanol–water partition coefficient (Wildman–Crippen LogP) is 1.61. The van der Waals surface area contributed by atoms with Gasteiger partial charge < -0.3 is 11.1 Å². The zero-order valence-electron chi connectivity index (χ0n) is 15.2. The van der Waals surface area contributed by atoms with E-state index in [1.54, 1.807) is 6.07 Å². The van der Waals surface area contributed by atoms with Gasteiger partial charge in [-0.05, 0) is 24.1 Å². The molecule has 0 aliphatic heterocycles. The second-order valence-corrected chi connectivity index (χ2v) is 6.90. The van der Waals surface area contributed by atoms with Crippen molar-refractivity contribution in [3.05, 3.63) is 55.2 Å². The third-order valence-corrected chi connectivity index (χ3v) is 4.28. The number of nitrogen functional groups attached to an aromatic ring is 1. The van der Waals surface area contributed by atoms with Gasteiger partial charge in [0, 0.05) is 19.3 Å². The van der Waals surface area contributed by atoms with Gasteiger partial charge in [-0.15, -0.1) is 0 Å². The summed E-state index contributed by atoms with van der Waals surface area (Å²) in [4.78, 5) is 37.3. The van der Waals surface area contributed by atoms with Crippen molar-refractivity contribution >= 4 is 28.9 Å². The van der Waals surface area contributed by atoms with Crippen LogP contribution in [0.3, 0.4) is 0 Å². The number of ketones is 1. The van der Waals surface area contributed by atoms with Crippen molar-refractivity contribution in [3.63, 3.8) is 0 Å². The average Bonchev–Trinajstić information content (AvgIpc) is 2.62. The zero-order valence-corrected chi connectivity index (χ0v) is 16.0. The van der Waals surface area contributed by atoms with Gasteiger partial charge in [0.15, 0.2) is 5.78 Å². The Morgan fingerprint density at radius 1 is 1.37 bits per heavy atom. The third-order valence-electron chi connectivity index (χ3n) is 3.95. The summed E-state index contributed by atoms with van der Waals surface area (Å²) >= 11 is 5.88. The van der Waals surface area contributed by atoms with Crippen LogP contribution in [0.15, 0.2) is 27.8 Å². The minimum atomic E-state index is -0.738. The zero-order chi connectivity index (χ0) is 20.3. The Balaban J connectivity index is 2.36. The number of nitrogens with two attached hydrogens (primary N) is 1. The van der Waals surface area contributed by atoms with Crippen molar-refractivity contribution in [2.24, 2.45) is 13.0 Å². The van der Waals surface area contributed by atoms with Gasteiger partial charge in [0.1, 0.15) is 17.5 Å². The van der Waals surface area contributed by atoms with Crippen molar-refractivity contribution in [3.8, 4) is 6.07 Å². The number of hydrogen-bond donors (Lipinski definition) is 2. The smallest absolute Gasteiger partial charge is 0.332 e. The van der Waals surface area contributed by atoms with E-state index in [0.717, 1.165) is 4.57 Å². The van der Waals surface area contributed by atoms with Crippen molar-refractivity contribution in [1.29, 1.82) is 5.26 Å². The van der Waals surface area contributed by atoms with E-state index in [1.165, 1.54) is 23.7 Å². The van der Waals surface area contributed by atoms with E-state index in [4.69, 9.17) is 22.6 Å². The maximum absolute atomic E-state index is 12.6. The quantitative estimate of drug-likeness (QED) is 0.723. The largest absolute Gasteiger partial charge is 0.384 e. The molecule has 0 bridgehead atoms. The minimum Gasteiger partial charge on any atom is -0.384 e. The fraction of sp³-hybridized carbons (Fsp3) is 0.333. The molecular weight excluding hydrogens is 370 g/mol. The highest BCUT2D eigenvalue weighted by Crippen LogP contribution is 2.19. The van der Waals surface area contributed by atoms with E-state index in [-0.39, 0.29) is 36.0 Å². The van der Waals surface area contributed by atoms with Gasteiger partial charge in [-0.25, -0.2) is 4.79 Å². The second-order valence-electron chi connectivity index (χ2n) is 6.49. The lowest BCUT2D eigenvalue weighted by molar-refractivity contribution is 0.100. The number of anilines is 2. The first-order chi connectivity index (χ1) is 12.7. The molecule has 0 unspecified atom stereocenters. The first-order valence-electron chi connectivity index (χ1n) is 8.23. The number of nitrogens with one attached hydrogen (secondary N) is 1. The van der Waals surface area contributed by atoms with Gasteiger partial charge in [-0.1, -0.05) is 25.4 Å². The van der Waals surface area contributed by atoms with Crippen molar-refractivity contribution in [1.82, 2.24) is 9.13 Å². The molecule has 0 spiro atoms. The molecule has 0 radical (unpaired) electrons. The van der Waals surface area contributed by atoms with E-state index >= 15 is 0 Å². The summed E-state index contributed by atoms with van der Waals surface area (Å²) in [5, 5.41) is 12.2.